The van der Waals surface area contributed by atoms with Gasteiger partial charge in [0, 0.05) is 30.8 Å². The molecule has 3 rings (SSSR count). The van der Waals surface area contributed by atoms with Crippen LogP contribution in [0.2, 0.25) is 5.15 Å². The predicted molar refractivity (Wildman–Crippen MR) is 79.4 cm³/mol. The van der Waals surface area contributed by atoms with Crippen molar-refractivity contribution in [3.63, 3.8) is 0 Å². The Bertz CT molecular complexity index is 686. The smallest absolute Gasteiger partial charge is 0.410 e. The first-order chi connectivity index (χ1) is 9.82. The first-order valence-corrected chi connectivity index (χ1v) is 7.19. The van der Waals surface area contributed by atoms with Crippen molar-refractivity contribution in [2.75, 3.05) is 13.1 Å². The summed E-state index contributed by atoms with van der Waals surface area (Å²) in [6.07, 6.45) is -0.266. The van der Waals surface area contributed by atoms with Gasteiger partial charge in [0.25, 0.3) is 0 Å². The molecule has 0 aromatic carbocycles. The van der Waals surface area contributed by atoms with Crippen LogP contribution in [-0.4, -0.2) is 44.9 Å². The molecule has 0 saturated carbocycles. The monoisotopic (exact) mass is 308 g/mol. The third kappa shape index (κ3) is 2.95. The van der Waals surface area contributed by atoms with E-state index in [1.165, 1.54) is 0 Å². The first-order valence-electron chi connectivity index (χ1n) is 6.81. The summed E-state index contributed by atoms with van der Waals surface area (Å²) in [6.45, 7) is 6.87. The lowest BCUT2D eigenvalue weighted by Crippen LogP contribution is -2.50. The minimum absolute atomic E-state index is 0.266. The van der Waals surface area contributed by atoms with Crippen LogP contribution < -0.4 is 0 Å². The van der Waals surface area contributed by atoms with Crippen molar-refractivity contribution in [3.05, 3.63) is 23.0 Å². The standard InChI is InChI=1S/C14H17ClN4O2/c1-14(2,3)21-13(20)19-6-8(7-19)9-4-11-10(16-9)5-12(15)18-17-11/h4-5,8,16H,6-7H2,1-3H3. The average molecular weight is 309 g/mol. The number of nitrogens with zero attached hydrogens (tertiary/aromatic N) is 3. The minimum atomic E-state index is -0.463. The molecule has 0 spiro atoms. The predicted octanol–water partition coefficient (Wildman–Crippen LogP) is 2.95. The third-order valence-corrected chi connectivity index (χ3v) is 3.52. The molecule has 0 bridgehead atoms. The van der Waals surface area contributed by atoms with Crippen molar-refractivity contribution < 1.29 is 9.53 Å². The molecule has 0 radical (unpaired) electrons. The second kappa shape index (κ2) is 4.87. The van der Waals surface area contributed by atoms with Gasteiger partial charge >= 0.3 is 6.09 Å². The number of hydrogen-bond donors (Lipinski definition) is 1. The molecule has 1 aliphatic heterocycles. The highest BCUT2D eigenvalue weighted by molar-refractivity contribution is 6.29. The zero-order valence-corrected chi connectivity index (χ0v) is 12.9. The molecular formula is C14H17ClN4O2. The van der Waals surface area contributed by atoms with Crippen molar-refractivity contribution in [2.24, 2.45) is 0 Å². The second-order valence-electron chi connectivity index (χ2n) is 6.27. The number of carbonyl (C=O) groups is 1. The molecule has 0 aliphatic carbocycles. The Morgan fingerprint density at radius 2 is 2.10 bits per heavy atom. The molecule has 112 valence electrons. The van der Waals surface area contributed by atoms with E-state index < -0.39 is 5.60 Å². The molecule has 6 nitrogen and oxygen atoms in total. The maximum absolute atomic E-state index is 11.9. The summed E-state index contributed by atoms with van der Waals surface area (Å²) in [4.78, 5) is 16.9. The number of carbonyl (C=O) groups excluding carboxylic acids is 1. The number of rotatable bonds is 1. The molecule has 0 atom stereocenters. The van der Waals surface area contributed by atoms with E-state index in [9.17, 15) is 4.79 Å². The number of ether oxygens (including phenoxy) is 1. The van der Waals surface area contributed by atoms with Crippen molar-refractivity contribution >= 4 is 28.7 Å². The summed E-state index contributed by atoms with van der Waals surface area (Å²) >= 11 is 5.82. The van der Waals surface area contributed by atoms with Gasteiger partial charge in [-0.05, 0) is 26.8 Å². The fraction of sp³-hybridized carbons (Fsp3) is 0.500. The molecule has 2 aromatic rings. The maximum Gasteiger partial charge on any atom is 0.410 e. The molecule has 1 amide bonds. The highest BCUT2D eigenvalue weighted by atomic mass is 35.5. The van der Waals surface area contributed by atoms with Crippen molar-refractivity contribution in [1.29, 1.82) is 0 Å². The van der Waals surface area contributed by atoms with Crippen LogP contribution in [0, 0.1) is 0 Å². The van der Waals surface area contributed by atoms with Gasteiger partial charge in [0.05, 0.1) is 5.52 Å². The van der Waals surface area contributed by atoms with Crippen LogP contribution in [-0.2, 0) is 4.74 Å². The number of likely N-dealkylation sites (tertiary alicyclic amines) is 1. The Labute approximate surface area is 127 Å². The van der Waals surface area contributed by atoms with Crippen LogP contribution in [0.1, 0.15) is 32.4 Å². The quantitative estimate of drug-likeness (QED) is 0.879. The summed E-state index contributed by atoms with van der Waals surface area (Å²) in [5.74, 6) is 0.269. The number of amides is 1. The number of halogens is 1. The first kappa shape index (κ1) is 14.1. The van der Waals surface area contributed by atoms with Gasteiger partial charge in [-0.2, -0.15) is 0 Å². The highest BCUT2D eigenvalue weighted by Gasteiger charge is 2.35. The topological polar surface area (TPSA) is 71.1 Å². The summed E-state index contributed by atoms with van der Waals surface area (Å²) < 4.78 is 5.34. The van der Waals surface area contributed by atoms with Crippen LogP contribution in [0.15, 0.2) is 12.1 Å². The van der Waals surface area contributed by atoms with E-state index in [1.54, 1.807) is 11.0 Å². The Hall–Kier alpha value is -1.82. The zero-order chi connectivity index (χ0) is 15.2. The van der Waals surface area contributed by atoms with Gasteiger partial charge in [-0.15, -0.1) is 10.2 Å². The van der Waals surface area contributed by atoms with Crippen LogP contribution in [0.5, 0.6) is 0 Å². The largest absolute Gasteiger partial charge is 0.444 e. The van der Waals surface area contributed by atoms with E-state index in [4.69, 9.17) is 16.3 Å². The number of fused-ring (bicyclic) bond motifs is 1. The molecular weight excluding hydrogens is 292 g/mol. The van der Waals surface area contributed by atoms with Gasteiger partial charge in [0.1, 0.15) is 11.1 Å². The van der Waals surface area contributed by atoms with Gasteiger partial charge in [0.15, 0.2) is 5.15 Å². The fourth-order valence-electron chi connectivity index (χ4n) is 2.29. The van der Waals surface area contributed by atoms with Crippen molar-refractivity contribution in [1.82, 2.24) is 20.1 Å². The van der Waals surface area contributed by atoms with E-state index in [2.05, 4.69) is 15.2 Å². The number of H-pyrrole nitrogens is 1. The Balaban J connectivity index is 1.66. The molecule has 21 heavy (non-hydrogen) atoms. The van der Waals surface area contributed by atoms with Crippen molar-refractivity contribution in [3.8, 4) is 0 Å². The van der Waals surface area contributed by atoms with Gasteiger partial charge < -0.3 is 14.6 Å². The van der Waals surface area contributed by atoms with Crippen LogP contribution in [0.3, 0.4) is 0 Å². The lowest BCUT2D eigenvalue weighted by Gasteiger charge is -2.39. The van der Waals surface area contributed by atoms with E-state index in [0.717, 1.165) is 16.7 Å². The van der Waals surface area contributed by atoms with Crippen LogP contribution >= 0.6 is 11.6 Å². The number of aromatic nitrogens is 3. The summed E-state index contributed by atoms with van der Waals surface area (Å²) in [5, 5.41) is 8.21. The molecule has 2 aromatic heterocycles. The van der Waals surface area contributed by atoms with Gasteiger partial charge in [0.2, 0.25) is 0 Å². The van der Waals surface area contributed by atoms with Gasteiger partial charge in [-0.1, -0.05) is 11.6 Å². The van der Waals surface area contributed by atoms with Gasteiger partial charge in [-0.25, -0.2) is 4.79 Å². The fourth-order valence-corrected chi connectivity index (χ4v) is 2.44. The third-order valence-electron chi connectivity index (χ3n) is 3.34. The molecule has 7 heteroatoms. The highest BCUT2D eigenvalue weighted by Crippen LogP contribution is 2.29. The molecule has 3 heterocycles. The average Bonchev–Trinajstić information content (AvgIpc) is 2.66. The lowest BCUT2D eigenvalue weighted by atomic mass is 9.97. The number of hydrogen-bond acceptors (Lipinski definition) is 4. The summed E-state index contributed by atoms with van der Waals surface area (Å²) in [5.41, 5.74) is 2.22. The van der Waals surface area contributed by atoms with E-state index >= 15 is 0 Å². The zero-order valence-electron chi connectivity index (χ0n) is 12.2. The molecule has 1 aliphatic rings. The van der Waals surface area contributed by atoms with Gasteiger partial charge in [-0.3, -0.25) is 0 Å². The molecule has 0 unspecified atom stereocenters. The van der Waals surface area contributed by atoms with Crippen LogP contribution in [0.25, 0.3) is 11.0 Å². The second-order valence-corrected chi connectivity index (χ2v) is 6.66. The lowest BCUT2D eigenvalue weighted by molar-refractivity contribution is 0.00794. The summed E-state index contributed by atoms with van der Waals surface area (Å²) in [6, 6.07) is 3.70. The number of aromatic amines is 1. The molecule has 1 saturated heterocycles. The SMILES string of the molecule is CC(C)(C)OC(=O)N1CC(c2cc3nnc(Cl)cc3[nH]2)C1. The van der Waals surface area contributed by atoms with E-state index in [1.807, 2.05) is 26.8 Å². The summed E-state index contributed by atoms with van der Waals surface area (Å²) in [7, 11) is 0. The van der Waals surface area contributed by atoms with E-state index in [0.29, 0.717) is 18.2 Å². The Morgan fingerprint density at radius 3 is 2.76 bits per heavy atom. The normalized spacial score (nSPS) is 16.1. The molecule has 1 N–H and O–H groups in total. The number of nitrogens with one attached hydrogen (secondary N) is 1. The minimum Gasteiger partial charge on any atom is -0.444 e. The Kier molecular flexibility index (Phi) is 3.28. The van der Waals surface area contributed by atoms with Crippen LogP contribution in [0.4, 0.5) is 4.79 Å². The van der Waals surface area contributed by atoms with Crippen molar-refractivity contribution in [2.45, 2.75) is 32.3 Å². The molecule has 1 fully saturated rings. The van der Waals surface area contributed by atoms with E-state index in [-0.39, 0.29) is 12.0 Å². The maximum atomic E-state index is 11.9. The Morgan fingerprint density at radius 1 is 1.38 bits per heavy atom.